The van der Waals surface area contributed by atoms with Crippen molar-refractivity contribution in [2.75, 3.05) is 0 Å². The van der Waals surface area contributed by atoms with Crippen LogP contribution in [0.1, 0.15) is 0 Å². The van der Waals surface area contributed by atoms with Crippen molar-refractivity contribution in [1.82, 2.24) is 0 Å². The van der Waals surface area contributed by atoms with Crippen LogP contribution >= 0.6 is 0 Å². The van der Waals surface area contributed by atoms with Gasteiger partial charge < -0.3 is 0 Å². The van der Waals surface area contributed by atoms with Crippen LogP contribution in [0.3, 0.4) is 0 Å². The second-order valence-corrected chi connectivity index (χ2v) is 4.67. The van der Waals surface area contributed by atoms with E-state index in [9.17, 15) is 0 Å². The quantitative estimate of drug-likeness (QED) is 0.653. The SMILES string of the molecule is F.F.F.c1ccc(B(c2ccccc2)c2ccccc2)cc1. The highest BCUT2D eigenvalue weighted by atomic mass is 19.0. The first-order valence-electron chi connectivity index (χ1n) is 6.60. The lowest BCUT2D eigenvalue weighted by molar-refractivity contribution is 1.11. The minimum absolute atomic E-state index is 0. The van der Waals surface area contributed by atoms with E-state index in [0.29, 0.717) is 6.71 Å². The molecule has 3 rings (SSSR count). The summed E-state index contributed by atoms with van der Waals surface area (Å²) in [4.78, 5) is 0. The lowest BCUT2D eigenvalue weighted by atomic mass is 9.37. The number of hydrogen-bond acceptors (Lipinski definition) is 0. The summed E-state index contributed by atoms with van der Waals surface area (Å²) >= 11 is 0. The van der Waals surface area contributed by atoms with E-state index in [1.54, 1.807) is 0 Å². The third-order valence-electron chi connectivity index (χ3n) is 3.40. The lowest BCUT2D eigenvalue weighted by Gasteiger charge is -2.15. The molecule has 3 aromatic rings. The van der Waals surface area contributed by atoms with Gasteiger partial charge in [-0.3, -0.25) is 14.1 Å². The predicted octanol–water partition coefficient (Wildman–Crippen LogP) is 2.66. The summed E-state index contributed by atoms with van der Waals surface area (Å²) in [5.41, 5.74) is 4.00. The second kappa shape index (κ2) is 9.45. The van der Waals surface area contributed by atoms with E-state index in [1.165, 1.54) is 16.4 Å². The van der Waals surface area contributed by atoms with E-state index in [1.807, 2.05) is 0 Å². The fourth-order valence-corrected chi connectivity index (χ4v) is 2.51. The van der Waals surface area contributed by atoms with E-state index in [-0.39, 0.29) is 14.1 Å². The Morgan fingerprint density at radius 1 is 0.364 bits per heavy atom. The average Bonchev–Trinajstić information content (AvgIpc) is 2.51. The molecule has 0 heterocycles. The molecule has 0 spiro atoms. The van der Waals surface area contributed by atoms with Gasteiger partial charge in [-0.25, -0.2) is 0 Å². The van der Waals surface area contributed by atoms with E-state index in [0.717, 1.165) is 0 Å². The zero-order valence-corrected chi connectivity index (χ0v) is 12.0. The average molecular weight is 302 g/mol. The normalized spacial score (nSPS) is 8.73. The number of halogens is 3. The molecule has 4 heteroatoms. The summed E-state index contributed by atoms with van der Waals surface area (Å²) < 4.78 is 0. The van der Waals surface area contributed by atoms with Crippen LogP contribution in [0.2, 0.25) is 0 Å². The van der Waals surface area contributed by atoms with Crippen molar-refractivity contribution >= 4 is 23.1 Å². The zero-order valence-electron chi connectivity index (χ0n) is 12.0. The third-order valence-corrected chi connectivity index (χ3v) is 3.40. The van der Waals surface area contributed by atoms with Crippen molar-refractivity contribution in [3.63, 3.8) is 0 Å². The molecule has 0 bridgehead atoms. The lowest BCUT2D eigenvalue weighted by Crippen LogP contribution is -2.51. The van der Waals surface area contributed by atoms with Crippen LogP contribution < -0.4 is 16.4 Å². The van der Waals surface area contributed by atoms with Crippen LogP contribution in [-0.4, -0.2) is 6.71 Å². The van der Waals surface area contributed by atoms with E-state index in [2.05, 4.69) is 91.0 Å². The van der Waals surface area contributed by atoms with Crippen molar-refractivity contribution in [2.45, 2.75) is 0 Å². The van der Waals surface area contributed by atoms with Gasteiger partial charge in [0.2, 0.25) is 6.71 Å². The van der Waals surface area contributed by atoms with E-state index >= 15 is 0 Å². The first-order chi connectivity index (χ1) is 9.45. The highest BCUT2D eigenvalue weighted by molar-refractivity contribution is 6.95. The van der Waals surface area contributed by atoms with Gasteiger partial charge in [0, 0.05) is 0 Å². The first-order valence-corrected chi connectivity index (χ1v) is 6.60. The van der Waals surface area contributed by atoms with Gasteiger partial charge in [-0.2, -0.15) is 0 Å². The van der Waals surface area contributed by atoms with Crippen LogP contribution in [0.15, 0.2) is 91.0 Å². The summed E-state index contributed by atoms with van der Waals surface area (Å²) in [6.45, 7) is 0.309. The molecule has 0 aromatic heterocycles. The zero-order chi connectivity index (χ0) is 12.9. The van der Waals surface area contributed by atoms with Crippen LogP contribution in [0.5, 0.6) is 0 Å². The maximum Gasteiger partial charge on any atom is 0.241 e. The monoisotopic (exact) mass is 302 g/mol. The van der Waals surface area contributed by atoms with E-state index in [4.69, 9.17) is 0 Å². The molecule has 0 unspecified atom stereocenters. The molecule has 0 saturated carbocycles. The Morgan fingerprint density at radius 3 is 0.818 bits per heavy atom. The first kappa shape index (κ1) is 19.5. The van der Waals surface area contributed by atoms with Crippen LogP contribution in [0.4, 0.5) is 14.1 Å². The Kier molecular flexibility index (Phi) is 8.38. The largest absolute Gasteiger partial charge is 0.269 e. The molecule has 0 aliphatic carbocycles. The number of hydrogen-bond donors (Lipinski definition) is 0. The molecule has 114 valence electrons. The molecular weight excluding hydrogens is 284 g/mol. The Bertz CT molecular complexity index is 536. The van der Waals surface area contributed by atoms with Crippen molar-refractivity contribution in [1.29, 1.82) is 0 Å². The molecule has 0 aliphatic rings. The molecule has 0 nitrogen and oxygen atoms in total. The van der Waals surface area contributed by atoms with Gasteiger partial charge in [-0.05, 0) is 0 Å². The number of rotatable bonds is 3. The molecule has 0 amide bonds. The van der Waals surface area contributed by atoms with Gasteiger partial charge in [0.25, 0.3) is 0 Å². The summed E-state index contributed by atoms with van der Waals surface area (Å²) in [6, 6.07) is 32.0. The van der Waals surface area contributed by atoms with Crippen molar-refractivity contribution < 1.29 is 14.1 Å². The smallest absolute Gasteiger partial charge is 0.241 e. The molecule has 22 heavy (non-hydrogen) atoms. The minimum atomic E-state index is 0. The predicted molar refractivity (Wildman–Crippen MR) is 91.5 cm³/mol. The molecule has 3 aromatic carbocycles. The molecule has 0 saturated heterocycles. The van der Waals surface area contributed by atoms with Gasteiger partial charge in [-0.1, -0.05) is 107 Å². The van der Waals surface area contributed by atoms with Gasteiger partial charge in [0.1, 0.15) is 0 Å². The van der Waals surface area contributed by atoms with E-state index < -0.39 is 0 Å². The second-order valence-electron chi connectivity index (χ2n) is 4.67. The number of benzene rings is 3. The highest BCUT2D eigenvalue weighted by Crippen LogP contribution is 1.95. The molecule has 0 aliphatic heterocycles. The molecule has 0 N–H and O–H groups in total. The van der Waals surface area contributed by atoms with Crippen LogP contribution in [0, 0.1) is 0 Å². The topological polar surface area (TPSA) is 0 Å². The van der Waals surface area contributed by atoms with Crippen molar-refractivity contribution in [3.05, 3.63) is 91.0 Å². The Balaban J connectivity index is 0.00000147. The molecular formula is C18H18BF3. The molecule has 0 atom stereocenters. The maximum absolute atomic E-state index is 2.20. The summed E-state index contributed by atoms with van der Waals surface area (Å²) in [7, 11) is 0. The maximum atomic E-state index is 2.20. The molecule has 0 radical (unpaired) electrons. The summed E-state index contributed by atoms with van der Waals surface area (Å²) in [5.74, 6) is 0. The van der Waals surface area contributed by atoms with Gasteiger partial charge in [0.15, 0.2) is 0 Å². The third kappa shape index (κ3) is 4.25. The fourth-order valence-electron chi connectivity index (χ4n) is 2.51. The molecule has 0 fully saturated rings. The van der Waals surface area contributed by atoms with Gasteiger partial charge in [0.05, 0.1) is 0 Å². The Labute approximate surface area is 129 Å². The summed E-state index contributed by atoms with van der Waals surface area (Å²) in [6.07, 6.45) is 0. The van der Waals surface area contributed by atoms with Gasteiger partial charge >= 0.3 is 0 Å². The Morgan fingerprint density at radius 2 is 0.591 bits per heavy atom. The highest BCUT2D eigenvalue weighted by Gasteiger charge is 2.20. The van der Waals surface area contributed by atoms with Crippen molar-refractivity contribution in [2.24, 2.45) is 0 Å². The minimum Gasteiger partial charge on any atom is -0.269 e. The fraction of sp³-hybridized carbons (Fsp3) is 0. The van der Waals surface area contributed by atoms with Crippen LogP contribution in [0.25, 0.3) is 0 Å². The Hall–Kier alpha value is -2.49. The summed E-state index contributed by atoms with van der Waals surface area (Å²) in [5, 5.41) is 0. The van der Waals surface area contributed by atoms with Crippen LogP contribution in [-0.2, 0) is 0 Å². The van der Waals surface area contributed by atoms with Crippen molar-refractivity contribution in [3.8, 4) is 0 Å². The standard InChI is InChI=1S/C18H15B.3FH/c1-4-10-16(11-5-1)19(17-12-6-2-7-13-17)18-14-8-3-9-15-18;;;/h1-15H;3*1H. The van der Waals surface area contributed by atoms with Gasteiger partial charge in [-0.15, -0.1) is 0 Å².